The molecule has 4 bridgehead atoms. The van der Waals surface area contributed by atoms with E-state index in [1.165, 1.54) is 38.5 Å². The second-order valence-electron chi connectivity index (χ2n) is 9.58. The summed E-state index contributed by atoms with van der Waals surface area (Å²) in [7, 11) is 0. The molecule has 0 spiro atoms. The van der Waals surface area contributed by atoms with Crippen molar-refractivity contribution in [1.82, 2.24) is 16.2 Å². The molecule has 0 aromatic heterocycles. The third kappa shape index (κ3) is 4.71. The number of carbonyl (C=O) groups is 3. The van der Waals surface area contributed by atoms with Gasteiger partial charge in [0.05, 0.1) is 0 Å². The van der Waals surface area contributed by atoms with Gasteiger partial charge in [-0.3, -0.25) is 25.2 Å². The van der Waals surface area contributed by atoms with Crippen LogP contribution in [0.4, 0.5) is 0 Å². The van der Waals surface area contributed by atoms with E-state index in [1.54, 1.807) is 24.3 Å². The van der Waals surface area contributed by atoms with Gasteiger partial charge in [-0.1, -0.05) is 15.9 Å². The Labute approximate surface area is 186 Å². The molecule has 4 fully saturated rings. The molecule has 0 heterocycles. The minimum atomic E-state index is -0.393. The van der Waals surface area contributed by atoms with Gasteiger partial charge in [0.1, 0.15) is 0 Å². The lowest BCUT2D eigenvalue weighted by molar-refractivity contribution is -0.129. The fourth-order valence-corrected chi connectivity index (χ4v) is 6.53. The van der Waals surface area contributed by atoms with Crippen LogP contribution in [-0.2, 0) is 9.59 Å². The largest absolute Gasteiger partial charge is 0.353 e. The molecule has 1 aromatic rings. The Kier molecular flexibility index (Phi) is 6.19. The quantitative estimate of drug-likeness (QED) is 0.547. The van der Waals surface area contributed by atoms with E-state index in [9.17, 15) is 14.4 Å². The van der Waals surface area contributed by atoms with Crippen LogP contribution in [0.1, 0.15) is 68.6 Å². The van der Waals surface area contributed by atoms with Gasteiger partial charge < -0.3 is 5.32 Å². The average molecular weight is 476 g/mol. The van der Waals surface area contributed by atoms with E-state index in [0.29, 0.717) is 5.56 Å². The second-order valence-corrected chi connectivity index (χ2v) is 10.5. The molecule has 0 saturated heterocycles. The summed E-state index contributed by atoms with van der Waals surface area (Å²) in [6.07, 6.45) is 8.02. The molecule has 5 rings (SSSR count). The van der Waals surface area contributed by atoms with Gasteiger partial charge in [-0.15, -0.1) is 0 Å². The first kappa shape index (κ1) is 21.3. The average Bonchev–Trinajstić information content (AvgIpc) is 2.70. The highest BCUT2D eigenvalue weighted by Crippen LogP contribution is 2.61. The summed E-state index contributed by atoms with van der Waals surface area (Å²) in [5.41, 5.74) is 5.47. The highest BCUT2D eigenvalue weighted by Gasteiger charge is 2.53. The van der Waals surface area contributed by atoms with E-state index >= 15 is 0 Å². The smallest absolute Gasteiger partial charge is 0.269 e. The van der Waals surface area contributed by atoms with Crippen molar-refractivity contribution in [2.45, 2.75) is 64.3 Å². The lowest BCUT2D eigenvalue weighted by Gasteiger charge is -2.59. The number of hydrazine groups is 1. The first-order chi connectivity index (χ1) is 14.3. The summed E-state index contributed by atoms with van der Waals surface area (Å²) in [6.45, 7) is 2.14. The van der Waals surface area contributed by atoms with Crippen molar-refractivity contribution in [3.05, 3.63) is 34.3 Å². The first-order valence-electron chi connectivity index (χ1n) is 11.0. The molecule has 0 radical (unpaired) electrons. The zero-order valence-corrected chi connectivity index (χ0v) is 19.0. The summed E-state index contributed by atoms with van der Waals surface area (Å²) in [5.74, 6) is 1.67. The van der Waals surface area contributed by atoms with Crippen molar-refractivity contribution in [3.8, 4) is 0 Å². The van der Waals surface area contributed by atoms with Crippen LogP contribution in [0.5, 0.6) is 0 Å². The summed E-state index contributed by atoms with van der Waals surface area (Å²) >= 11 is 3.31. The van der Waals surface area contributed by atoms with Crippen LogP contribution >= 0.6 is 15.9 Å². The van der Waals surface area contributed by atoms with E-state index < -0.39 is 5.91 Å². The van der Waals surface area contributed by atoms with Gasteiger partial charge in [-0.2, -0.15) is 0 Å². The van der Waals surface area contributed by atoms with Crippen molar-refractivity contribution in [1.29, 1.82) is 0 Å². The van der Waals surface area contributed by atoms with Gasteiger partial charge in [-0.25, -0.2) is 0 Å². The lowest BCUT2D eigenvalue weighted by atomic mass is 9.48. The van der Waals surface area contributed by atoms with Gasteiger partial charge in [-0.05, 0) is 92.9 Å². The minimum absolute atomic E-state index is 0.0417. The number of carbonyl (C=O) groups excluding carboxylic acids is 3. The van der Waals surface area contributed by atoms with Crippen LogP contribution < -0.4 is 16.2 Å². The molecule has 4 saturated carbocycles. The molecule has 6 nitrogen and oxygen atoms in total. The molecule has 3 amide bonds. The molecule has 4 aliphatic carbocycles. The zero-order chi connectivity index (χ0) is 21.3. The molecule has 1 aromatic carbocycles. The fraction of sp³-hybridized carbons (Fsp3) is 0.609. The topological polar surface area (TPSA) is 87.3 Å². The van der Waals surface area contributed by atoms with Gasteiger partial charge in [0.25, 0.3) is 5.91 Å². The Bertz CT molecular complexity index is 788. The van der Waals surface area contributed by atoms with E-state index in [4.69, 9.17) is 0 Å². The number of rotatable bonds is 6. The first-order valence-corrected chi connectivity index (χ1v) is 11.8. The summed E-state index contributed by atoms with van der Waals surface area (Å²) in [6, 6.07) is 6.98. The van der Waals surface area contributed by atoms with E-state index in [-0.39, 0.29) is 36.1 Å². The van der Waals surface area contributed by atoms with Crippen molar-refractivity contribution in [2.24, 2.45) is 23.2 Å². The molecule has 162 valence electrons. The third-order valence-corrected chi connectivity index (χ3v) is 7.91. The number of amides is 3. The van der Waals surface area contributed by atoms with Crippen molar-refractivity contribution in [3.63, 3.8) is 0 Å². The predicted octanol–water partition coefficient (Wildman–Crippen LogP) is 3.71. The standard InChI is InChI=1S/C23H30BrN3O3/c1-14(23-11-15-8-16(12-23)10-17(9-15)13-23)25-20(28)6-7-21(29)26-27-22(30)18-2-4-19(24)5-3-18/h2-5,14-17H,6-13H2,1H3,(H,25,28)(H,26,29)(H,27,30)/t14-,15?,16?,17?,23?/m0/s1. The zero-order valence-electron chi connectivity index (χ0n) is 17.4. The Morgan fingerprint density at radius 3 is 2.03 bits per heavy atom. The van der Waals surface area contributed by atoms with E-state index in [2.05, 4.69) is 39.0 Å². The Balaban J connectivity index is 1.19. The molecular weight excluding hydrogens is 446 g/mol. The van der Waals surface area contributed by atoms with Crippen molar-refractivity contribution < 1.29 is 14.4 Å². The highest BCUT2D eigenvalue weighted by molar-refractivity contribution is 9.10. The SMILES string of the molecule is C[C@H](NC(=O)CCC(=O)NNC(=O)c1ccc(Br)cc1)C12CC3CC(CC(C3)C1)C2. The molecule has 0 aliphatic heterocycles. The van der Waals surface area contributed by atoms with Crippen LogP contribution in [0.25, 0.3) is 0 Å². The summed E-state index contributed by atoms with van der Waals surface area (Å²) in [4.78, 5) is 36.5. The predicted molar refractivity (Wildman–Crippen MR) is 117 cm³/mol. The fourth-order valence-electron chi connectivity index (χ4n) is 6.26. The van der Waals surface area contributed by atoms with E-state index in [0.717, 1.165) is 22.2 Å². The number of halogens is 1. The van der Waals surface area contributed by atoms with Crippen LogP contribution in [0.15, 0.2) is 28.7 Å². The van der Waals surface area contributed by atoms with Gasteiger partial charge >= 0.3 is 0 Å². The number of hydrogen-bond donors (Lipinski definition) is 3. The second kappa shape index (κ2) is 8.69. The Hall–Kier alpha value is -1.89. The maximum Gasteiger partial charge on any atom is 0.269 e. The number of nitrogens with one attached hydrogen (secondary N) is 3. The Morgan fingerprint density at radius 1 is 0.933 bits per heavy atom. The van der Waals surface area contributed by atoms with Gasteiger partial charge in [0, 0.05) is 28.9 Å². The van der Waals surface area contributed by atoms with Crippen molar-refractivity contribution >= 4 is 33.7 Å². The molecule has 0 unspecified atom stereocenters. The normalized spacial score (nSPS) is 29.9. The number of hydrogen-bond acceptors (Lipinski definition) is 3. The summed E-state index contributed by atoms with van der Waals surface area (Å²) < 4.78 is 0.872. The molecule has 30 heavy (non-hydrogen) atoms. The Morgan fingerprint density at radius 2 is 1.47 bits per heavy atom. The van der Waals surface area contributed by atoms with Crippen LogP contribution in [0.3, 0.4) is 0 Å². The molecule has 1 atom stereocenters. The van der Waals surface area contributed by atoms with Crippen LogP contribution in [-0.4, -0.2) is 23.8 Å². The molecular formula is C23H30BrN3O3. The summed E-state index contributed by atoms with van der Waals surface area (Å²) in [5, 5.41) is 3.18. The minimum Gasteiger partial charge on any atom is -0.353 e. The maximum absolute atomic E-state index is 12.5. The lowest BCUT2D eigenvalue weighted by Crippen LogP contribution is -2.55. The van der Waals surface area contributed by atoms with E-state index in [1.807, 2.05) is 0 Å². The molecule has 7 heteroatoms. The van der Waals surface area contributed by atoms with Crippen LogP contribution in [0.2, 0.25) is 0 Å². The third-order valence-electron chi connectivity index (χ3n) is 7.38. The van der Waals surface area contributed by atoms with Gasteiger partial charge in [0.15, 0.2) is 0 Å². The van der Waals surface area contributed by atoms with Crippen molar-refractivity contribution in [2.75, 3.05) is 0 Å². The highest BCUT2D eigenvalue weighted by atomic mass is 79.9. The molecule has 4 aliphatic rings. The van der Waals surface area contributed by atoms with Gasteiger partial charge in [0.2, 0.25) is 11.8 Å². The molecule has 3 N–H and O–H groups in total. The number of benzene rings is 1. The van der Waals surface area contributed by atoms with Crippen LogP contribution in [0, 0.1) is 23.2 Å². The monoisotopic (exact) mass is 475 g/mol. The maximum atomic E-state index is 12.5.